The number of benzene rings is 1. The van der Waals surface area contributed by atoms with Gasteiger partial charge in [-0.25, -0.2) is 9.38 Å². The number of hydrogen-bond donors (Lipinski definition) is 0. The van der Waals surface area contributed by atoms with Crippen molar-refractivity contribution < 1.29 is 4.42 Å². The SMILES string of the molecule is CC1CN(c2nc3cc(Cl)ccc3c3nnc(-c4cccs4)n23)CCN1Cc1ccoc1. The molecule has 1 fully saturated rings. The maximum absolute atomic E-state index is 6.30. The van der Waals surface area contributed by atoms with Gasteiger partial charge in [-0.2, -0.15) is 0 Å². The van der Waals surface area contributed by atoms with Crippen molar-refractivity contribution >= 4 is 45.4 Å². The highest BCUT2D eigenvalue weighted by molar-refractivity contribution is 7.13. The van der Waals surface area contributed by atoms with E-state index in [1.807, 2.05) is 36.6 Å². The molecule has 1 saturated heterocycles. The topological polar surface area (TPSA) is 62.7 Å². The third-order valence-corrected chi connectivity index (χ3v) is 7.14. The normalized spacial score (nSPS) is 17.6. The van der Waals surface area contributed by atoms with E-state index in [4.69, 9.17) is 21.0 Å². The Labute approximate surface area is 193 Å². The molecule has 1 aliphatic heterocycles. The molecule has 5 heterocycles. The minimum absolute atomic E-state index is 0.354. The lowest BCUT2D eigenvalue weighted by Crippen LogP contribution is -2.52. The second-order valence-corrected chi connectivity index (χ2v) is 9.51. The molecular weight excluding hydrogens is 444 g/mol. The molecule has 1 atom stereocenters. The van der Waals surface area contributed by atoms with Gasteiger partial charge in [-0.3, -0.25) is 4.90 Å². The summed E-state index contributed by atoms with van der Waals surface area (Å²) in [5, 5.41) is 12.8. The van der Waals surface area contributed by atoms with E-state index in [1.165, 1.54) is 5.56 Å². The van der Waals surface area contributed by atoms with Crippen molar-refractivity contribution in [1.29, 1.82) is 0 Å². The van der Waals surface area contributed by atoms with Crippen molar-refractivity contribution in [2.75, 3.05) is 24.5 Å². The lowest BCUT2D eigenvalue weighted by Gasteiger charge is -2.40. The molecule has 1 aromatic carbocycles. The average Bonchev–Trinajstić information content (AvgIpc) is 3.56. The van der Waals surface area contributed by atoms with E-state index in [1.54, 1.807) is 17.6 Å². The van der Waals surface area contributed by atoms with Crippen LogP contribution in [-0.4, -0.2) is 50.2 Å². The largest absolute Gasteiger partial charge is 0.472 e. The summed E-state index contributed by atoms with van der Waals surface area (Å²) in [4.78, 5) is 10.9. The van der Waals surface area contributed by atoms with Gasteiger partial charge in [-0.05, 0) is 42.6 Å². The third kappa shape index (κ3) is 3.35. The Kier molecular flexibility index (Phi) is 4.86. The molecule has 9 heteroatoms. The fraction of sp³-hybridized carbons (Fsp3) is 0.261. The summed E-state index contributed by atoms with van der Waals surface area (Å²) in [6.07, 6.45) is 3.55. The number of hydrogen-bond acceptors (Lipinski definition) is 7. The fourth-order valence-electron chi connectivity index (χ4n) is 4.40. The van der Waals surface area contributed by atoms with Crippen molar-refractivity contribution in [1.82, 2.24) is 24.5 Å². The smallest absolute Gasteiger partial charge is 0.213 e. The first-order valence-corrected chi connectivity index (χ1v) is 11.8. The van der Waals surface area contributed by atoms with E-state index < -0.39 is 0 Å². The standard InChI is InChI=1S/C23H21ClN6OS/c1-15-12-29(8-7-28(15)13-16-6-9-31-14-16)23-25-19-11-17(24)4-5-18(19)21-26-27-22(30(21)23)20-3-2-10-32-20/h2-6,9-11,14-15H,7-8,12-13H2,1H3. The number of aromatic nitrogens is 4. The van der Waals surface area contributed by atoms with Crippen LogP contribution in [0.2, 0.25) is 5.02 Å². The zero-order valence-electron chi connectivity index (χ0n) is 17.5. The number of furan rings is 1. The average molecular weight is 465 g/mol. The number of rotatable bonds is 4. The van der Waals surface area contributed by atoms with Crippen molar-refractivity contribution in [2.24, 2.45) is 0 Å². The van der Waals surface area contributed by atoms with Gasteiger partial charge >= 0.3 is 0 Å². The maximum Gasteiger partial charge on any atom is 0.213 e. The molecule has 0 radical (unpaired) electrons. The minimum atomic E-state index is 0.354. The van der Waals surface area contributed by atoms with Gasteiger partial charge in [0.25, 0.3) is 0 Å². The molecule has 0 saturated carbocycles. The Hall–Kier alpha value is -2.94. The molecule has 6 rings (SSSR count). The molecule has 0 aliphatic carbocycles. The molecule has 1 unspecified atom stereocenters. The Morgan fingerprint density at radius 1 is 1.19 bits per heavy atom. The monoisotopic (exact) mass is 464 g/mol. The van der Waals surface area contributed by atoms with Crippen molar-refractivity contribution in [3.63, 3.8) is 0 Å². The van der Waals surface area contributed by atoms with Crippen LogP contribution in [0.15, 0.2) is 58.7 Å². The van der Waals surface area contributed by atoms with Crippen LogP contribution in [0.5, 0.6) is 0 Å². The van der Waals surface area contributed by atoms with Gasteiger partial charge in [-0.1, -0.05) is 17.7 Å². The Balaban J connectivity index is 1.44. The van der Waals surface area contributed by atoms with Crippen molar-refractivity contribution in [3.05, 3.63) is 64.9 Å². The minimum Gasteiger partial charge on any atom is -0.472 e. The maximum atomic E-state index is 6.30. The van der Waals surface area contributed by atoms with Gasteiger partial charge < -0.3 is 9.32 Å². The predicted molar refractivity (Wildman–Crippen MR) is 127 cm³/mol. The van der Waals surface area contributed by atoms with Crippen LogP contribution in [0.3, 0.4) is 0 Å². The molecule has 0 bridgehead atoms. The van der Waals surface area contributed by atoms with E-state index >= 15 is 0 Å². The summed E-state index contributed by atoms with van der Waals surface area (Å²) in [5.74, 6) is 1.68. The van der Waals surface area contributed by atoms with Crippen LogP contribution in [0.1, 0.15) is 12.5 Å². The van der Waals surface area contributed by atoms with E-state index in [0.717, 1.165) is 59.4 Å². The highest BCUT2D eigenvalue weighted by Crippen LogP contribution is 2.32. The van der Waals surface area contributed by atoms with Crippen LogP contribution in [0.25, 0.3) is 27.3 Å². The third-order valence-electron chi connectivity index (χ3n) is 6.04. The molecule has 0 N–H and O–H groups in total. The van der Waals surface area contributed by atoms with E-state index in [2.05, 4.69) is 42.8 Å². The van der Waals surface area contributed by atoms with E-state index in [-0.39, 0.29) is 0 Å². The lowest BCUT2D eigenvalue weighted by atomic mass is 10.1. The second kappa shape index (κ2) is 7.88. The van der Waals surface area contributed by atoms with Crippen LogP contribution in [0, 0.1) is 0 Å². The molecule has 162 valence electrons. The molecular formula is C23H21ClN6OS. The van der Waals surface area contributed by atoms with Gasteiger partial charge in [0.1, 0.15) is 0 Å². The number of anilines is 1. The summed E-state index contributed by atoms with van der Waals surface area (Å²) in [5.41, 5.74) is 2.84. The number of fused-ring (bicyclic) bond motifs is 3. The molecule has 0 amide bonds. The van der Waals surface area contributed by atoms with E-state index in [0.29, 0.717) is 11.1 Å². The number of piperazine rings is 1. The summed E-state index contributed by atoms with van der Waals surface area (Å²) < 4.78 is 7.34. The van der Waals surface area contributed by atoms with Gasteiger partial charge in [-0.15, -0.1) is 21.5 Å². The van der Waals surface area contributed by atoms with Gasteiger partial charge in [0.2, 0.25) is 5.95 Å². The van der Waals surface area contributed by atoms with Gasteiger partial charge in [0.15, 0.2) is 11.5 Å². The second-order valence-electron chi connectivity index (χ2n) is 8.13. The molecule has 7 nitrogen and oxygen atoms in total. The Bertz CT molecular complexity index is 1380. The molecule has 5 aromatic rings. The Morgan fingerprint density at radius 2 is 2.12 bits per heavy atom. The quantitative estimate of drug-likeness (QED) is 0.374. The number of halogens is 1. The first-order chi connectivity index (χ1) is 15.7. The van der Waals surface area contributed by atoms with Crippen molar-refractivity contribution in [2.45, 2.75) is 19.5 Å². The summed E-state index contributed by atoms with van der Waals surface area (Å²) in [6, 6.07) is 12.2. The first-order valence-electron chi connectivity index (χ1n) is 10.6. The molecule has 4 aromatic heterocycles. The Morgan fingerprint density at radius 3 is 2.91 bits per heavy atom. The first kappa shape index (κ1) is 19.7. The lowest BCUT2D eigenvalue weighted by molar-refractivity contribution is 0.179. The molecule has 0 spiro atoms. The number of nitrogens with zero attached hydrogens (tertiary/aromatic N) is 6. The zero-order chi connectivity index (χ0) is 21.7. The van der Waals surface area contributed by atoms with Crippen LogP contribution in [-0.2, 0) is 6.54 Å². The summed E-state index contributed by atoms with van der Waals surface area (Å²) in [6.45, 7) is 5.79. The van der Waals surface area contributed by atoms with Crippen LogP contribution < -0.4 is 4.90 Å². The molecule has 32 heavy (non-hydrogen) atoms. The number of thiophene rings is 1. The van der Waals surface area contributed by atoms with Gasteiger partial charge in [0.05, 0.1) is 22.9 Å². The van der Waals surface area contributed by atoms with Crippen LogP contribution >= 0.6 is 22.9 Å². The van der Waals surface area contributed by atoms with E-state index in [9.17, 15) is 0 Å². The summed E-state index contributed by atoms with van der Waals surface area (Å²) >= 11 is 7.95. The highest BCUT2D eigenvalue weighted by Gasteiger charge is 2.28. The summed E-state index contributed by atoms with van der Waals surface area (Å²) in [7, 11) is 0. The van der Waals surface area contributed by atoms with Gasteiger partial charge in [0, 0.05) is 48.2 Å². The predicted octanol–water partition coefficient (Wildman–Crippen LogP) is 4.96. The van der Waals surface area contributed by atoms with Crippen molar-refractivity contribution in [3.8, 4) is 10.7 Å². The van der Waals surface area contributed by atoms with Crippen LogP contribution in [0.4, 0.5) is 5.95 Å². The molecule has 1 aliphatic rings. The highest BCUT2D eigenvalue weighted by atomic mass is 35.5. The zero-order valence-corrected chi connectivity index (χ0v) is 19.1. The fourth-order valence-corrected chi connectivity index (χ4v) is 5.26.